The van der Waals surface area contributed by atoms with E-state index in [0.717, 1.165) is 25.8 Å². The van der Waals surface area contributed by atoms with Crippen molar-refractivity contribution < 1.29 is 23.1 Å². The van der Waals surface area contributed by atoms with Crippen LogP contribution < -0.4 is 0 Å². The Labute approximate surface area is 117 Å². The van der Waals surface area contributed by atoms with Crippen LogP contribution in [-0.4, -0.2) is 67.9 Å². The zero-order valence-corrected chi connectivity index (χ0v) is 11.8. The number of fused-ring (bicyclic) bond motifs is 1. The van der Waals surface area contributed by atoms with E-state index in [-0.39, 0.29) is 12.5 Å². The second kappa shape index (κ2) is 8.84. The van der Waals surface area contributed by atoms with E-state index in [9.17, 15) is 13.6 Å². The third kappa shape index (κ3) is 5.40. The molecule has 2 fully saturated rings. The first-order chi connectivity index (χ1) is 9.58. The molecule has 2 aliphatic rings. The number of ether oxygens (including phenoxy) is 1. The second-order valence-electron chi connectivity index (χ2n) is 4.95. The van der Waals surface area contributed by atoms with Gasteiger partial charge in [0.1, 0.15) is 0 Å². The Hall–Kier alpha value is -1.24. The van der Waals surface area contributed by atoms with E-state index < -0.39 is 6.43 Å². The van der Waals surface area contributed by atoms with Gasteiger partial charge in [0.05, 0.1) is 13.7 Å². The highest BCUT2D eigenvalue weighted by molar-refractivity contribution is 5.77. The van der Waals surface area contributed by atoms with Crippen molar-refractivity contribution in [2.24, 2.45) is 0 Å². The minimum absolute atomic E-state index is 0.140. The number of carbonyl (C=O) groups is 2. The maximum absolute atomic E-state index is 12.3. The average molecular weight is 292 g/mol. The fourth-order valence-corrected chi connectivity index (χ4v) is 2.68. The van der Waals surface area contributed by atoms with E-state index in [1.165, 1.54) is 7.11 Å². The van der Waals surface area contributed by atoms with Crippen LogP contribution in [0.15, 0.2) is 0 Å². The maximum atomic E-state index is 12.3. The van der Waals surface area contributed by atoms with Gasteiger partial charge in [-0.15, -0.1) is 0 Å². The van der Waals surface area contributed by atoms with Gasteiger partial charge in [0.25, 0.3) is 12.9 Å². The number of carbonyl (C=O) groups excluding carboxylic acids is 2. The highest BCUT2D eigenvalue weighted by atomic mass is 19.3. The number of hydrogen-bond donors (Lipinski definition) is 0. The minimum Gasteiger partial charge on any atom is -0.471 e. The molecule has 0 aliphatic carbocycles. The summed E-state index contributed by atoms with van der Waals surface area (Å²) in [6.45, 7) is 2.21. The summed E-state index contributed by atoms with van der Waals surface area (Å²) >= 11 is 0. The Bertz CT molecular complexity index is 316. The first-order valence-corrected chi connectivity index (χ1v) is 6.85. The zero-order chi connectivity index (χ0) is 15.0. The summed E-state index contributed by atoms with van der Waals surface area (Å²) in [5.41, 5.74) is 0. The SMILES string of the molecule is COC=O.O=C1CCN(CC(F)F)CCC2CCCN12. The molecule has 7 heteroatoms. The lowest BCUT2D eigenvalue weighted by molar-refractivity contribution is -0.133. The molecule has 0 aromatic carbocycles. The molecular weight excluding hydrogens is 270 g/mol. The van der Waals surface area contributed by atoms with Gasteiger partial charge in [0.15, 0.2) is 0 Å². The molecule has 0 aromatic heterocycles. The first kappa shape index (κ1) is 16.8. The topological polar surface area (TPSA) is 49.9 Å². The van der Waals surface area contributed by atoms with Gasteiger partial charge in [0, 0.05) is 32.1 Å². The Morgan fingerprint density at radius 3 is 2.65 bits per heavy atom. The van der Waals surface area contributed by atoms with Crippen molar-refractivity contribution in [3.63, 3.8) is 0 Å². The van der Waals surface area contributed by atoms with Crippen LogP contribution in [0.4, 0.5) is 8.78 Å². The number of halogens is 2. The van der Waals surface area contributed by atoms with Crippen molar-refractivity contribution in [1.82, 2.24) is 9.80 Å². The van der Waals surface area contributed by atoms with Gasteiger partial charge in [-0.3, -0.25) is 14.5 Å². The van der Waals surface area contributed by atoms with Gasteiger partial charge in [0.2, 0.25) is 5.91 Å². The van der Waals surface area contributed by atoms with Crippen molar-refractivity contribution in [3.8, 4) is 0 Å². The molecule has 5 nitrogen and oxygen atoms in total. The smallest absolute Gasteiger partial charge is 0.292 e. The fraction of sp³-hybridized carbons (Fsp3) is 0.846. The van der Waals surface area contributed by atoms with Crippen LogP contribution >= 0.6 is 0 Å². The largest absolute Gasteiger partial charge is 0.471 e. The van der Waals surface area contributed by atoms with Gasteiger partial charge in [-0.1, -0.05) is 0 Å². The van der Waals surface area contributed by atoms with Gasteiger partial charge >= 0.3 is 0 Å². The lowest BCUT2D eigenvalue weighted by Gasteiger charge is -2.32. The lowest BCUT2D eigenvalue weighted by atomic mass is 10.1. The average Bonchev–Trinajstić information content (AvgIpc) is 2.87. The highest BCUT2D eigenvalue weighted by Gasteiger charge is 2.31. The molecule has 1 atom stereocenters. The Morgan fingerprint density at radius 1 is 1.35 bits per heavy atom. The summed E-state index contributed by atoms with van der Waals surface area (Å²) in [6.07, 6.45) is 1.04. The van der Waals surface area contributed by atoms with Crippen molar-refractivity contribution in [2.45, 2.75) is 38.2 Å². The maximum Gasteiger partial charge on any atom is 0.292 e. The van der Waals surface area contributed by atoms with E-state index in [0.29, 0.717) is 32.0 Å². The van der Waals surface area contributed by atoms with Crippen LogP contribution in [0.25, 0.3) is 0 Å². The Kier molecular flexibility index (Phi) is 7.43. The predicted octanol–water partition coefficient (Wildman–Crippen LogP) is 1.13. The van der Waals surface area contributed by atoms with Gasteiger partial charge < -0.3 is 9.64 Å². The third-order valence-electron chi connectivity index (χ3n) is 3.61. The third-order valence-corrected chi connectivity index (χ3v) is 3.61. The number of amides is 1. The standard InChI is InChI=1S/C11H18F2N2O.C2H4O2/c12-10(13)8-14-6-3-9-2-1-5-15(9)11(16)4-7-14;1-4-2-3/h9-10H,1-8H2;2H,1H3. The van der Waals surface area contributed by atoms with Crippen LogP contribution in [0.2, 0.25) is 0 Å². The lowest BCUT2D eigenvalue weighted by Crippen LogP contribution is -2.44. The van der Waals surface area contributed by atoms with Crippen LogP contribution in [0, 0.1) is 0 Å². The molecule has 2 rings (SSSR count). The normalized spacial score (nSPS) is 23.5. The van der Waals surface area contributed by atoms with Crippen LogP contribution in [-0.2, 0) is 14.3 Å². The molecule has 0 N–H and O–H groups in total. The number of rotatable bonds is 3. The van der Waals surface area contributed by atoms with E-state index in [1.807, 2.05) is 4.90 Å². The molecule has 116 valence electrons. The van der Waals surface area contributed by atoms with Crippen LogP contribution in [0.3, 0.4) is 0 Å². The van der Waals surface area contributed by atoms with E-state index in [4.69, 9.17) is 4.79 Å². The molecule has 1 amide bonds. The summed E-state index contributed by atoms with van der Waals surface area (Å²) in [7, 11) is 1.31. The van der Waals surface area contributed by atoms with Crippen LogP contribution in [0.5, 0.6) is 0 Å². The van der Waals surface area contributed by atoms with Crippen molar-refractivity contribution >= 4 is 12.4 Å². The monoisotopic (exact) mass is 292 g/mol. The first-order valence-electron chi connectivity index (χ1n) is 6.85. The van der Waals surface area contributed by atoms with Crippen molar-refractivity contribution in [1.29, 1.82) is 0 Å². The molecule has 0 bridgehead atoms. The molecule has 0 saturated carbocycles. The number of hydrogen-bond acceptors (Lipinski definition) is 4. The number of alkyl halides is 2. The van der Waals surface area contributed by atoms with Gasteiger partial charge in [-0.25, -0.2) is 8.78 Å². The predicted molar refractivity (Wildman–Crippen MR) is 69.5 cm³/mol. The van der Waals surface area contributed by atoms with Gasteiger partial charge in [-0.05, 0) is 19.3 Å². The molecule has 2 aliphatic heterocycles. The number of methoxy groups -OCH3 is 1. The molecule has 0 radical (unpaired) electrons. The molecule has 20 heavy (non-hydrogen) atoms. The van der Waals surface area contributed by atoms with Gasteiger partial charge in [-0.2, -0.15) is 0 Å². The summed E-state index contributed by atoms with van der Waals surface area (Å²) in [4.78, 5) is 24.4. The van der Waals surface area contributed by atoms with E-state index in [1.54, 1.807) is 4.90 Å². The molecule has 2 saturated heterocycles. The highest BCUT2D eigenvalue weighted by Crippen LogP contribution is 2.23. The molecule has 0 spiro atoms. The molecule has 0 aromatic rings. The number of nitrogens with zero attached hydrogens (tertiary/aromatic N) is 2. The molecular formula is C13H22F2N2O3. The molecule has 1 unspecified atom stereocenters. The summed E-state index contributed by atoms with van der Waals surface area (Å²) < 4.78 is 28.4. The minimum atomic E-state index is -2.30. The van der Waals surface area contributed by atoms with Crippen molar-refractivity contribution in [3.05, 3.63) is 0 Å². The zero-order valence-electron chi connectivity index (χ0n) is 11.8. The Balaban J connectivity index is 0.000000444. The summed E-state index contributed by atoms with van der Waals surface area (Å²) in [6, 6.07) is 0.299. The Morgan fingerprint density at radius 2 is 2.05 bits per heavy atom. The fourth-order valence-electron chi connectivity index (χ4n) is 2.68. The quantitative estimate of drug-likeness (QED) is 0.732. The van der Waals surface area contributed by atoms with Crippen molar-refractivity contribution in [2.75, 3.05) is 33.3 Å². The van der Waals surface area contributed by atoms with Crippen LogP contribution in [0.1, 0.15) is 25.7 Å². The van der Waals surface area contributed by atoms with E-state index >= 15 is 0 Å². The summed E-state index contributed by atoms with van der Waals surface area (Å²) in [5, 5.41) is 0. The summed E-state index contributed by atoms with van der Waals surface area (Å²) in [5.74, 6) is 0.140. The second-order valence-corrected chi connectivity index (χ2v) is 4.95. The molecule has 2 heterocycles. The van der Waals surface area contributed by atoms with E-state index in [2.05, 4.69) is 4.74 Å².